The molecule has 3 aromatic carbocycles. The Labute approximate surface area is 191 Å². The molecule has 1 atom stereocenters. The van der Waals surface area contributed by atoms with Gasteiger partial charge in [-0.3, -0.25) is 9.59 Å². The number of carbonyl (C=O) groups excluding carboxylic acids is 2. The van der Waals surface area contributed by atoms with Crippen LogP contribution >= 0.6 is 22.9 Å². The first-order valence-electron chi connectivity index (χ1n) is 9.56. The van der Waals surface area contributed by atoms with Crippen molar-refractivity contribution in [2.75, 3.05) is 5.32 Å². The number of amides is 2. The predicted octanol–water partition coefficient (Wildman–Crippen LogP) is 5.73. The van der Waals surface area contributed by atoms with Crippen molar-refractivity contribution in [2.45, 2.75) is 12.5 Å². The molecule has 0 spiro atoms. The first-order chi connectivity index (χ1) is 15.4. The Morgan fingerprint density at radius 1 is 1.00 bits per heavy atom. The molecule has 0 aliphatic rings. The number of anilines is 1. The van der Waals surface area contributed by atoms with Crippen molar-refractivity contribution in [3.05, 3.63) is 94.5 Å². The highest BCUT2D eigenvalue weighted by molar-refractivity contribution is 7.22. The van der Waals surface area contributed by atoms with Gasteiger partial charge in [0.2, 0.25) is 5.91 Å². The molecule has 2 amide bonds. The number of benzene rings is 3. The monoisotopic (exact) mass is 471 g/mol. The molecule has 0 saturated carbocycles. The lowest BCUT2D eigenvalue weighted by Gasteiger charge is -2.19. The van der Waals surface area contributed by atoms with E-state index in [0.717, 1.165) is 29.0 Å². The van der Waals surface area contributed by atoms with Gasteiger partial charge in [-0.05, 0) is 23.8 Å². The van der Waals surface area contributed by atoms with Crippen LogP contribution in [0.1, 0.15) is 28.4 Å². The fraction of sp³-hybridized carbons (Fsp3) is 0.0870. The quantitative estimate of drug-likeness (QED) is 0.377. The highest BCUT2D eigenvalue weighted by Gasteiger charge is 2.21. The Balaban J connectivity index is 1.52. The van der Waals surface area contributed by atoms with Crippen LogP contribution in [0.15, 0.2) is 66.7 Å². The van der Waals surface area contributed by atoms with Crippen molar-refractivity contribution in [3.63, 3.8) is 0 Å². The third-order valence-corrected chi connectivity index (χ3v) is 5.96. The molecule has 0 radical (unpaired) electrons. The van der Waals surface area contributed by atoms with E-state index in [1.54, 1.807) is 48.5 Å². The highest BCUT2D eigenvalue weighted by Crippen LogP contribution is 2.28. The summed E-state index contributed by atoms with van der Waals surface area (Å²) in [5, 5.41) is 6.00. The van der Waals surface area contributed by atoms with E-state index in [9.17, 15) is 18.4 Å². The lowest BCUT2D eigenvalue weighted by Crippen LogP contribution is -2.31. The topological polar surface area (TPSA) is 71.1 Å². The minimum absolute atomic E-state index is 0.0845. The summed E-state index contributed by atoms with van der Waals surface area (Å²) in [6.45, 7) is 0. The number of fused-ring (bicyclic) bond motifs is 1. The van der Waals surface area contributed by atoms with Crippen molar-refractivity contribution in [1.82, 2.24) is 10.3 Å². The van der Waals surface area contributed by atoms with E-state index in [-0.39, 0.29) is 17.1 Å². The summed E-state index contributed by atoms with van der Waals surface area (Å²) in [6.07, 6.45) is -0.0845. The Morgan fingerprint density at radius 3 is 2.44 bits per heavy atom. The summed E-state index contributed by atoms with van der Waals surface area (Å²) in [7, 11) is 0. The van der Waals surface area contributed by atoms with Gasteiger partial charge in [0.25, 0.3) is 5.91 Å². The van der Waals surface area contributed by atoms with E-state index < -0.39 is 29.5 Å². The number of hydrogen-bond donors (Lipinski definition) is 2. The Hall–Kier alpha value is -3.36. The fourth-order valence-corrected chi connectivity index (χ4v) is 4.26. The Bertz CT molecular complexity index is 1260. The van der Waals surface area contributed by atoms with Gasteiger partial charge in [-0.15, -0.1) is 0 Å². The molecule has 4 rings (SSSR count). The zero-order valence-electron chi connectivity index (χ0n) is 16.4. The summed E-state index contributed by atoms with van der Waals surface area (Å²) >= 11 is 7.15. The summed E-state index contributed by atoms with van der Waals surface area (Å²) in [6, 6.07) is 17.0. The molecular formula is C23H16ClF2N3O2S. The highest BCUT2D eigenvalue weighted by atomic mass is 35.5. The van der Waals surface area contributed by atoms with Crippen LogP contribution in [0.25, 0.3) is 10.2 Å². The number of nitrogens with zero attached hydrogens (tertiary/aromatic N) is 1. The molecule has 0 aliphatic heterocycles. The average Bonchev–Trinajstić information content (AvgIpc) is 3.15. The van der Waals surface area contributed by atoms with Crippen LogP contribution in [0.3, 0.4) is 0 Å². The minimum Gasteiger partial charge on any atom is -0.345 e. The van der Waals surface area contributed by atoms with Crippen LogP contribution in [0, 0.1) is 11.6 Å². The van der Waals surface area contributed by atoms with Crippen LogP contribution < -0.4 is 10.6 Å². The predicted molar refractivity (Wildman–Crippen MR) is 121 cm³/mol. The van der Waals surface area contributed by atoms with E-state index in [2.05, 4.69) is 15.6 Å². The zero-order valence-corrected chi connectivity index (χ0v) is 18.0. The van der Waals surface area contributed by atoms with E-state index in [1.807, 2.05) is 6.07 Å². The second kappa shape index (κ2) is 9.42. The third-order valence-electron chi connectivity index (χ3n) is 4.69. The van der Waals surface area contributed by atoms with Gasteiger partial charge in [0.1, 0.15) is 0 Å². The Morgan fingerprint density at radius 2 is 1.69 bits per heavy atom. The van der Waals surface area contributed by atoms with Gasteiger partial charge in [-0.25, -0.2) is 13.8 Å². The van der Waals surface area contributed by atoms with Crippen LogP contribution in [-0.2, 0) is 4.79 Å². The van der Waals surface area contributed by atoms with Crippen molar-refractivity contribution >= 4 is 50.1 Å². The van der Waals surface area contributed by atoms with E-state index in [4.69, 9.17) is 11.6 Å². The normalized spacial score (nSPS) is 11.8. The number of rotatable bonds is 6. The molecule has 1 aromatic heterocycles. The third kappa shape index (κ3) is 4.92. The zero-order chi connectivity index (χ0) is 22.7. The van der Waals surface area contributed by atoms with E-state index in [1.165, 1.54) is 0 Å². The molecular weight excluding hydrogens is 456 g/mol. The van der Waals surface area contributed by atoms with Crippen LogP contribution in [0.4, 0.5) is 13.9 Å². The number of halogens is 3. The molecule has 4 aromatic rings. The summed E-state index contributed by atoms with van der Waals surface area (Å²) in [4.78, 5) is 29.6. The molecule has 0 aliphatic carbocycles. The van der Waals surface area contributed by atoms with Crippen molar-refractivity contribution < 1.29 is 18.4 Å². The van der Waals surface area contributed by atoms with Crippen LogP contribution in [0.2, 0.25) is 5.02 Å². The average molecular weight is 472 g/mol. The van der Waals surface area contributed by atoms with Gasteiger partial charge >= 0.3 is 0 Å². The van der Waals surface area contributed by atoms with Gasteiger partial charge in [0, 0.05) is 6.07 Å². The SMILES string of the molecule is O=C(CC(NC(=O)c1ccccc1Cl)c1ccccc1)Nc1nc2cc(F)c(F)cc2s1. The number of nitrogens with one attached hydrogen (secondary N) is 2. The van der Waals surface area contributed by atoms with Crippen LogP contribution in [-0.4, -0.2) is 16.8 Å². The molecule has 1 heterocycles. The maximum atomic E-state index is 13.4. The summed E-state index contributed by atoms with van der Waals surface area (Å²) in [5.74, 6) is -2.82. The standard InChI is InChI=1S/C23H16ClF2N3O2S/c24-15-9-5-4-8-14(15)22(31)27-18(13-6-2-1-3-7-13)12-21(30)29-23-28-19-10-16(25)17(26)11-20(19)32-23/h1-11,18H,12H2,(H,27,31)(H,28,29,30). The van der Waals surface area contributed by atoms with E-state index >= 15 is 0 Å². The molecule has 2 N–H and O–H groups in total. The lowest BCUT2D eigenvalue weighted by molar-refractivity contribution is -0.116. The lowest BCUT2D eigenvalue weighted by atomic mass is 10.0. The molecule has 0 fully saturated rings. The van der Waals surface area contributed by atoms with Gasteiger partial charge in [-0.2, -0.15) is 0 Å². The second-order valence-electron chi connectivity index (χ2n) is 6.92. The van der Waals surface area contributed by atoms with Gasteiger partial charge in [0.15, 0.2) is 16.8 Å². The molecule has 5 nitrogen and oxygen atoms in total. The first kappa shape index (κ1) is 21.9. The van der Waals surface area contributed by atoms with Crippen molar-refractivity contribution in [2.24, 2.45) is 0 Å². The largest absolute Gasteiger partial charge is 0.345 e. The summed E-state index contributed by atoms with van der Waals surface area (Å²) < 4.78 is 27.3. The second-order valence-corrected chi connectivity index (χ2v) is 8.36. The summed E-state index contributed by atoms with van der Waals surface area (Å²) in [5.41, 5.74) is 1.28. The number of aromatic nitrogens is 1. The van der Waals surface area contributed by atoms with Crippen molar-refractivity contribution in [3.8, 4) is 0 Å². The van der Waals surface area contributed by atoms with Gasteiger partial charge < -0.3 is 10.6 Å². The molecule has 0 saturated heterocycles. The maximum Gasteiger partial charge on any atom is 0.253 e. The maximum absolute atomic E-state index is 13.4. The molecule has 1 unspecified atom stereocenters. The van der Waals surface area contributed by atoms with Gasteiger partial charge in [-0.1, -0.05) is 65.4 Å². The van der Waals surface area contributed by atoms with Crippen molar-refractivity contribution in [1.29, 1.82) is 0 Å². The first-order valence-corrected chi connectivity index (χ1v) is 10.8. The molecule has 162 valence electrons. The number of hydrogen-bond acceptors (Lipinski definition) is 4. The number of thiazole rings is 1. The fourth-order valence-electron chi connectivity index (χ4n) is 3.15. The molecule has 0 bridgehead atoms. The number of carbonyl (C=O) groups is 2. The minimum atomic E-state index is -1.01. The van der Waals surface area contributed by atoms with Crippen LogP contribution in [0.5, 0.6) is 0 Å². The molecule has 9 heteroatoms. The smallest absolute Gasteiger partial charge is 0.253 e. The Kier molecular flexibility index (Phi) is 6.43. The van der Waals surface area contributed by atoms with E-state index in [0.29, 0.717) is 15.3 Å². The van der Waals surface area contributed by atoms with Gasteiger partial charge in [0.05, 0.1) is 33.3 Å². The molecule has 32 heavy (non-hydrogen) atoms.